The van der Waals surface area contributed by atoms with Gasteiger partial charge in [0, 0.05) is 74.8 Å². The molecule has 3 aromatic heterocycles. The molecule has 10 rings (SSSR count). The van der Waals surface area contributed by atoms with Gasteiger partial charge in [0.25, 0.3) is 0 Å². The summed E-state index contributed by atoms with van der Waals surface area (Å²) in [6, 6.07) is 0.374. The molecular weight excluding hydrogens is 1430 g/mol. The van der Waals surface area contributed by atoms with Crippen LogP contribution in [0.5, 0.6) is 0 Å². The van der Waals surface area contributed by atoms with Gasteiger partial charge >= 0.3 is 7.82 Å². The van der Waals surface area contributed by atoms with Gasteiger partial charge in [0.15, 0.2) is 17.7 Å². The Hall–Kier alpha value is -7.59. The van der Waals surface area contributed by atoms with Crippen molar-refractivity contribution < 1.29 is 83.8 Å². The Morgan fingerprint density at radius 1 is 0.764 bits per heavy atom. The van der Waals surface area contributed by atoms with Crippen LogP contribution in [0.15, 0.2) is 65.4 Å². The molecule has 587 valence electrons. The molecular formula is C72H106CoN18O14P-5. The van der Waals surface area contributed by atoms with Crippen LogP contribution >= 0.6 is 7.82 Å². The number of nitrogen functional groups attached to an aromatic ring is 1. The van der Waals surface area contributed by atoms with E-state index < -0.39 is 161 Å². The Balaban J connectivity index is 0.000000783. The Morgan fingerprint density at radius 3 is 2.00 bits per heavy atom. The molecule has 1 radical (unpaired) electrons. The van der Waals surface area contributed by atoms with Crippen LogP contribution in [-0.2, 0) is 75.2 Å². The number of phosphoric acid groups is 1. The molecule has 1 aromatic carbocycles. The molecule has 0 saturated carbocycles. The number of amides is 7. The van der Waals surface area contributed by atoms with E-state index in [-0.39, 0.29) is 94.0 Å². The van der Waals surface area contributed by atoms with Gasteiger partial charge in [0.2, 0.25) is 41.4 Å². The zero-order valence-corrected chi connectivity index (χ0v) is 64.3. The van der Waals surface area contributed by atoms with Crippen LogP contribution in [0.25, 0.3) is 43.5 Å². The van der Waals surface area contributed by atoms with Crippen molar-refractivity contribution in [3.05, 3.63) is 105 Å². The van der Waals surface area contributed by atoms with Crippen molar-refractivity contribution in [2.24, 2.45) is 79.7 Å². The van der Waals surface area contributed by atoms with Gasteiger partial charge in [0.05, 0.1) is 36.4 Å². The number of carbonyl (C=O) groups excluding carboxylic acids is 7. The number of aryl methyl sites for hydroxylation is 3. The van der Waals surface area contributed by atoms with Crippen molar-refractivity contribution in [1.82, 2.24) is 34.4 Å². The number of hydrogen-bond donors (Lipinski definition) is 11. The van der Waals surface area contributed by atoms with E-state index in [0.717, 1.165) is 42.6 Å². The molecule has 18 unspecified atom stereocenters. The Labute approximate surface area is 628 Å². The summed E-state index contributed by atoms with van der Waals surface area (Å²) in [6.07, 6.45) is 2.41. The number of ether oxygens (including phenoxy) is 1. The minimum atomic E-state index is -5.06. The average Bonchev–Trinajstić information content (AvgIpc) is 1.52. The number of imidazole rings is 2. The van der Waals surface area contributed by atoms with Crippen molar-refractivity contribution in [3.8, 4) is 0 Å². The average molecular weight is 1540 g/mol. The summed E-state index contributed by atoms with van der Waals surface area (Å²) < 4.78 is 34.3. The van der Waals surface area contributed by atoms with Crippen LogP contribution in [0.2, 0.25) is 0 Å². The summed E-state index contributed by atoms with van der Waals surface area (Å²) in [5, 5.41) is 47.0. The minimum Gasteiger partial charge on any atom is -0.683 e. The summed E-state index contributed by atoms with van der Waals surface area (Å²) in [7, 11) is -5.06. The molecule has 6 aliphatic rings. The Morgan fingerprint density at radius 2 is 1.39 bits per heavy atom. The quantitative estimate of drug-likeness (QED) is 0.0156. The number of anilines is 1. The van der Waals surface area contributed by atoms with E-state index in [2.05, 4.69) is 32.2 Å². The van der Waals surface area contributed by atoms with Gasteiger partial charge in [-0.15, -0.1) is 34.8 Å². The fraction of sp³-hybridized carbons (Fsp3) is 0.639. The zero-order chi connectivity index (χ0) is 77.4. The number of benzene rings is 1. The van der Waals surface area contributed by atoms with Crippen molar-refractivity contribution >= 4 is 77.2 Å². The molecule has 6 aliphatic heterocycles. The van der Waals surface area contributed by atoms with Gasteiger partial charge in [-0.25, -0.2) is 24.5 Å². The van der Waals surface area contributed by atoms with Crippen molar-refractivity contribution in [1.29, 1.82) is 0 Å². The number of phosphoric ester groups is 1. The number of carbonyl (C=O) groups is 7. The first-order valence-electron chi connectivity index (χ1n) is 35.9. The fourth-order valence-electron chi connectivity index (χ4n) is 17.6. The third-order valence-corrected chi connectivity index (χ3v) is 24.6. The number of nitrogens with two attached hydrogens (primary N) is 7. The topological polar surface area (TPSA) is 537 Å². The first-order chi connectivity index (χ1) is 49.2. The number of nitrogens with zero attached hydrogens (tertiary/aromatic N) is 10. The fourth-order valence-corrected chi connectivity index (χ4v) is 18.7. The van der Waals surface area contributed by atoms with Crippen LogP contribution in [-0.4, -0.2) is 153 Å². The molecule has 5 saturated heterocycles. The third kappa shape index (κ3) is 17.0. The van der Waals surface area contributed by atoms with Crippen molar-refractivity contribution in [2.45, 2.75) is 233 Å². The molecule has 5 fully saturated rings. The minimum absolute atomic E-state index is 0. The molecule has 34 heteroatoms. The summed E-state index contributed by atoms with van der Waals surface area (Å²) in [6.45, 7) is 24.2. The van der Waals surface area contributed by atoms with Gasteiger partial charge in [0.1, 0.15) is 30.2 Å². The van der Waals surface area contributed by atoms with E-state index in [4.69, 9.17) is 75.2 Å². The van der Waals surface area contributed by atoms with Crippen LogP contribution < -0.4 is 45.5 Å². The largest absolute Gasteiger partial charge is 0.683 e. The number of aliphatic hydroxyl groups excluding tert-OH is 2. The van der Waals surface area contributed by atoms with Crippen molar-refractivity contribution in [2.75, 3.05) is 18.9 Å². The number of allylic oxidation sites excluding steroid dienone is 3. The molecule has 0 aliphatic carbocycles. The van der Waals surface area contributed by atoms with Crippen LogP contribution in [0.3, 0.4) is 0 Å². The predicted octanol–water partition coefficient (Wildman–Crippen LogP) is 6.26. The number of primary amides is 6. The maximum Gasteiger partial charge on any atom is 0.472 e. The molecule has 8 bridgehead atoms. The summed E-state index contributed by atoms with van der Waals surface area (Å²) >= 11 is 0. The molecule has 9 heterocycles. The predicted molar refractivity (Wildman–Crippen MR) is 392 cm³/mol. The molecule has 4 aromatic rings. The maximum absolute atomic E-state index is 14.4. The maximum atomic E-state index is 14.4. The van der Waals surface area contributed by atoms with Gasteiger partial charge in [-0.05, 0) is 135 Å². The summed E-state index contributed by atoms with van der Waals surface area (Å²) in [5.41, 5.74) is 43.5. The summed E-state index contributed by atoms with van der Waals surface area (Å²) in [4.78, 5) is 121. The molecule has 32 nitrogen and oxygen atoms in total. The number of nitrogens with one attached hydrogen (secondary N) is 1. The standard InChI is InChI=1S/C62H92N13O14P.C10H14N5.Co/c1-29-20-39-40(21-30(29)2)75(28-70-39)57-52(84)53(41(27-76)87-57)89-90(85,86)88-31(3)26-69-49(83)18-19-59(8)37(22-46(66)80)56-62(11)61(10,25-48(68)82)36(14-17-45(65)79)51(74-62)33(5)55-60(9,24-47(67)81)34(12-15-43(63)77)38(71-55)23-42-58(6,7)35(13-16-44(64)78)50(72-42)32(4)54(59)73-56;1-2-3-4-5-15-7-14-8-9(11)12-6-13-10(8)15;/h20-21,23,28,31,34-37,41-42,52-57,76,84H,12-19,22,24-27H2,1-11H3,(H2,63,77)(H2,64,78)(H2,65,79)(H2,66,80)(H2,67,81)(H2,68,82)(H,69,83)(H,85,86);6-7H,1-5H2,(H2,11,12,13);/q-4;-1;/b38-23-,50-32-,51-33-;;. The monoisotopic (exact) mass is 1540 g/mol. The SMILES string of the molecule is C/C1=C2/[N-]C(C)(C3[N-]C(/C(C)=C4\[N-]C(/C=C5\[N-]C1C(C)(CC(N)=O)C5CCC(N)=O)C(C)(C)C4CCC(N)=O)C(C)(CCC(=O)NCC(C)OP(=O)(O)OC1C(CO)OC(n4cnc5cc(C)c(C)cc54)C1O)C3CC(N)=O)C(C)(CC(N)=O)C2CCC(N)=O.[CH2-]CCCCn1cnc2c(N)ncnc21.[Co]. The first kappa shape index (κ1) is 84.0. The molecule has 18 N–H and O–H groups in total. The molecule has 106 heavy (non-hydrogen) atoms. The second-order valence-electron chi connectivity index (χ2n) is 31.1. The smallest absolute Gasteiger partial charge is 0.472 e. The zero-order valence-electron chi connectivity index (χ0n) is 62.3. The van der Waals surface area contributed by atoms with Crippen LogP contribution in [0, 0.1) is 66.1 Å². The third-order valence-electron chi connectivity index (χ3n) is 23.5. The van der Waals surface area contributed by atoms with E-state index in [1.807, 2.05) is 92.0 Å². The van der Waals surface area contributed by atoms with Gasteiger partial charge in [-0.3, -0.25) is 42.6 Å². The van der Waals surface area contributed by atoms with E-state index in [9.17, 15) is 53.2 Å². The number of rotatable bonds is 30. The second-order valence-corrected chi connectivity index (χ2v) is 32.4. The van der Waals surface area contributed by atoms with Gasteiger partial charge in [-0.1, -0.05) is 60.0 Å². The Kier molecular flexibility index (Phi) is 26.2. The van der Waals surface area contributed by atoms with E-state index >= 15 is 0 Å². The molecule has 7 amide bonds. The normalized spacial score (nSPS) is 32.7. The van der Waals surface area contributed by atoms with Crippen LogP contribution in [0.4, 0.5) is 5.82 Å². The molecule has 0 spiro atoms. The Bertz CT molecular complexity index is 4130. The van der Waals surface area contributed by atoms with E-state index in [0.29, 0.717) is 50.6 Å². The van der Waals surface area contributed by atoms with Crippen LogP contribution in [0.1, 0.15) is 170 Å². The summed E-state index contributed by atoms with van der Waals surface area (Å²) in [5.74, 6) is -6.55. The van der Waals surface area contributed by atoms with Gasteiger partial charge < -0.3 is 103 Å². The van der Waals surface area contributed by atoms with Crippen molar-refractivity contribution in [3.63, 3.8) is 0 Å². The molecule has 18 atom stereocenters. The van der Waals surface area contributed by atoms with E-state index in [1.54, 1.807) is 10.9 Å². The number of unbranched alkanes of at least 4 members (excludes halogenated alkanes) is 2. The second kappa shape index (κ2) is 33.1. The number of hydrogen-bond acceptors (Lipinski definition) is 18. The van der Waals surface area contributed by atoms with Gasteiger partial charge in [-0.2, -0.15) is 23.5 Å². The van der Waals surface area contributed by atoms with E-state index in [1.165, 1.54) is 19.6 Å². The number of aromatic nitrogens is 6. The number of fused-ring (bicyclic) bond motifs is 11. The number of aliphatic hydroxyl groups is 2. The first-order valence-corrected chi connectivity index (χ1v) is 37.4.